The molecule has 1 aliphatic heterocycles. The molecule has 29 heavy (non-hydrogen) atoms. The fourth-order valence-electron chi connectivity index (χ4n) is 3.77. The minimum Gasteiger partial charge on any atom is -0.496 e. The zero-order valence-corrected chi connectivity index (χ0v) is 18.0. The van der Waals surface area contributed by atoms with Gasteiger partial charge in [0.2, 0.25) is 0 Å². The van der Waals surface area contributed by atoms with E-state index in [2.05, 4.69) is 39.6 Å². The molecule has 3 rings (SSSR count). The van der Waals surface area contributed by atoms with E-state index in [1.807, 2.05) is 18.2 Å². The number of hydrogen-bond acceptors (Lipinski definition) is 4. The van der Waals surface area contributed by atoms with E-state index in [0.717, 1.165) is 22.4 Å². The van der Waals surface area contributed by atoms with Crippen molar-refractivity contribution in [3.05, 3.63) is 51.9 Å². The number of pyridine rings is 1. The van der Waals surface area contributed by atoms with Gasteiger partial charge in [0.25, 0.3) is 5.56 Å². The van der Waals surface area contributed by atoms with E-state index in [-0.39, 0.29) is 29.0 Å². The number of cyclic esters (lactones) is 1. The van der Waals surface area contributed by atoms with Gasteiger partial charge in [0.05, 0.1) is 19.7 Å². The molecule has 6 heteroatoms. The molecule has 1 fully saturated rings. The minimum atomic E-state index is -0.324. The van der Waals surface area contributed by atoms with Gasteiger partial charge in [0.15, 0.2) is 0 Å². The third-order valence-corrected chi connectivity index (χ3v) is 5.46. The lowest BCUT2D eigenvalue weighted by atomic mass is 9.83. The summed E-state index contributed by atoms with van der Waals surface area (Å²) in [6.45, 7) is 11.2. The lowest BCUT2D eigenvalue weighted by Crippen LogP contribution is -2.36. The summed E-state index contributed by atoms with van der Waals surface area (Å²) in [4.78, 5) is 29.5. The molecule has 0 spiro atoms. The molecule has 0 radical (unpaired) electrons. The Labute approximate surface area is 171 Å². The second-order valence-corrected chi connectivity index (χ2v) is 8.89. The number of amides is 1. The van der Waals surface area contributed by atoms with Gasteiger partial charge in [-0.25, -0.2) is 4.79 Å². The van der Waals surface area contributed by atoms with Crippen LogP contribution < -0.4 is 10.3 Å². The Kier molecular flexibility index (Phi) is 5.73. The molecule has 156 valence electrons. The van der Waals surface area contributed by atoms with Crippen molar-refractivity contribution in [2.75, 3.05) is 13.7 Å². The molecule has 1 aliphatic rings. The van der Waals surface area contributed by atoms with Gasteiger partial charge in [-0.3, -0.25) is 9.69 Å². The van der Waals surface area contributed by atoms with E-state index in [4.69, 9.17) is 9.47 Å². The van der Waals surface area contributed by atoms with Crippen LogP contribution in [0.25, 0.3) is 11.1 Å². The molecule has 1 atom stereocenters. The SMILES string of the molecule is COc1cc(CN2C(=O)OC[C@@H]2C(C)C)c(-c2ccc[nH]c2=O)cc1C(C)(C)C. The molecule has 1 aromatic heterocycles. The molecule has 1 N–H and O–H groups in total. The zero-order valence-electron chi connectivity index (χ0n) is 18.0. The van der Waals surface area contributed by atoms with Gasteiger partial charge in [-0.15, -0.1) is 0 Å². The first-order chi connectivity index (χ1) is 13.6. The summed E-state index contributed by atoms with van der Waals surface area (Å²) in [7, 11) is 1.64. The van der Waals surface area contributed by atoms with Crippen LogP contribution in [-0.2, 0) is 16.7 Å². The van der Waals surface area contributed by atoms with E-state index >= 15 is 0 Å². The smallest absolute Gasteiger partial charge is 0.410 e. The summed E-state index contributed by atoms with van der Waals surface area (Å²) in [5, 5.41) is 0. The minimum absolute atomic E-state index is 0.00213. The molecule has 1 aromatic carbocycles. The first kappa shape index (κ1) is 21.0. The van der Waals surface area contributed by atoms with Gasteiger partial charge in [-0.2, -0.15) is 0 Å². The third kappa shape index (κ3) is 4.16. The van der Waals surface area contributed by atoms with Crippen molar-refractivity contribution in [2.24, 2.45) is 5.92 Å². The van der Waals surface area contributed by atoms with Crippen molar-refractivity contribution in [3.63, 3.8) is 0 Å². The Bertz CT molecular complexity index is 956. The predicted octanol–water partition coefficient (Wildman–Crippen LogP) is 4.32. The number of rotatable bonds is 5. The average molecular weight is 399 g/mol. The van der Waals surface area contributed by atoms with Crippen molar-refractivity contribution in [2.45, 2.75) is 52.6 Å². The molecule has 0 saturated carbocycles. The van der Waals surface area contributed by atoms with Crippen molar-refractivity contribution in [1.82, 2.24) is 9.88 Å². The number of aromatic nitrogens is 1. The number of carbonyl (C=O) groups is 1. The molecule has 0 aliphatic carbocycles. The number of hydrogen-bond donors (Lipinski definition) is 1. The number of nitrogens with zero attached hydrogens (tertiary/aromatic N) is 1. The van der Waals surface area contributed by atoms with Crippen LogP contribution in [0.15, 0.2) is 35.3 Å². The number of nitrogens with one attached hydrogen (secondary N) is 1. The Hall–Kier alpha value is -2.76. The van der Waals surface area contributed by atoms with Gasteiger partial charge in [-0.1, -0.05) is 34.6 Å². The average Bonchev–Trinajstić information content (AvgIpc) is 3.02. The predicted molar refractivity (Wildman–Crippen MR) is 113 cm³/mol. The number of carbonyl (C=O) groups excluding carboxylic acids is 1. The van der Waals surface area contributed by atoms with Gasteiger partial charge in [0, 0.05) is 17.3 Å². The standard InChI is InChI=1S/C23H30N2O4/c1-14(2)19-13-29-22(27)25(19)12-15-10-20(28-6)18(23(3,4)5)11-17(15)16-8-7-9-24-21(16)26/h7-11,14,19H,12-13H2,1-6H3,(H,24,26)/t19-/m1/s1. The van der Waals surface area contributed by atoms with E-state index in [1.165, 1.54) is 0 Å². The highest BCUT2D eigenvalue weighted by Crippen LogP contribution is 2.38. The van der Waals surface area contributed by atoms with E-state index in [1.54, 1.807) is 24.3 Å². The topological polar surface area (TPSA) is 71.6 Å². The lowest BCUT2D eigenvalue weighted by Gasteiger charge is -2.28. The van der Waals surface area contributed by atoms with Gasteiger partial charge in [0.1, 0.15) is 12.4 Å². The van der Waals surface area contributed by atoms with Gasteiger partial charge >= 0.3 is 6.09 Å². The molecule has 1 amide bonds. The van der Waals surface area contributed by atoms with Crippen molar-refractivity contribution in [3.8, 4) is 16.9 Å². The molecular weight excluding hydrogens is 368 g/mol. The van der Waals surface area contributed by atoms with Crippen molar-refractivity contribution in [1.29, 1.82) is 0 Å². The number of ether oxygens (including phenoxy) is 2. The maximum atomic E-state index is 12.6. The highest BCUT2D eigenvalue weighted by atomic mass is 16.6. The highest BCUT2D eigenvalue weighted by molar-refractivity contribution is 5.73. The summed E-state index contributed by atoms with van der Waals surface area (Å²) in [5.41, 5.74) is 2.91. The highest BCUT2D eigenvalue weighted by Gasteiger charge is 2.35. The fourth-order valence-corrected chi connectivity index (χ4v) is 3.77. The van der Waals surface area contributed by atoms with Gasteiger partial charge in [-0.05, 0) is 46.7 Å². The summed E-state index contributed by atoms with van der Waals surface area (Å²) in [5.74, 6) is 1.01. The van der Waals surface area contributed by atoms with Gasteiger partial charge < -0.3 is 14.5 Å². The number of aromatic amines is 1. The normalized spacial score (nSPS) is 17.0. The summed E-state index contributed by atoms with van der Waals surface area (Å²) in [6, 6.07) is 7.58. The van der Waals surface area contributed by atoms with Crippen LogP contribution in [0.5, 0.6) is 5.75 Å². The zero-order chi connectivity index (χ0) is 21.3. The summed E-state index contributed by atoms with van der Waals surface area (Å²) in [6.07, 6.45) is 1.29. The lowest BCUT2D eigenvalue weighted by molar-refractivity contribution is 0.155. The van der Waals surface area contributed by atoms with Crippen LogP contribution in [0.3, 0.4) is 0 Å². The van der Waals surface area contributed by atoms with Crippen molar-refractivity contribution < 1.29 is 14.3 Å². The maximum absolute atomic E-state index is 12.6. The van der Waals surface area contributed by atoms with E-state index in [0.29, 0.717) is 18.7 Å². The number of benzene rings is 1. The Morgan fingerprint density at radius 3 is 2.55 bits per heavy atom. The monoisotopic (exact) mass is 398 g/mol. The maximum Gasteiger partial charge on any atom is 0.410 e. The van der Waals surface area contributed by atoms with Crippen LogP contribution in [-0.4, -0.2) is 35.7 Å². The number of methoxy groups -OCH3 is 1. The molecular formula is C23H30N2O4. The van der Waals surface area contributed by atoms with E-state index in [9.17, 15) is 9.59 Å². The van der Waals surface area contributed by atoms with Crippen LogP contribution >= 0.6 is 0 Å². The van der Waals surface area contributed by atoms with Crippen LogP contribution in [0.4, 0.5) is 4.79 Å². The largest absolute Gasteiger partial charge is 0.496 e. The molecule has 0 unspecified atom stereocenters. The van der Waals surface area contributed by atoms with Crippen LogP contribution in [0.1, 0.15) is 45.7 Å². The molecule has 1 saturated heterocycles. The molecule has 6 nitrogen and oxygen atoms in total. The van der Waals surface area contributed by atoms with Crippen LogP contribution in [0.2, 0.25) is 0 Å². The van der Waals surface area contributed by atoms with Crippen LogP contribution in [0, 0.1) is 5.92 Å². The Balaban J connectivity index is 2.18. The molecule has 0 bridgehead atoms. The van der Waals surface area contributed by atoms with Crippen molar-refractivity contribution >= 4 is 6.09 Å². The second kappa shape index (κ2) is 7.93. The Morgan fingerprint density at radius 2 is 1.97 bits per heavy atom. The van der Waals surface area contributed by atoms with E-state index < -0.39 is 0 Å². The molecule has 2 aromatic rings. The summed E-state index contributed by atoms with van der Waals surface area (Å²) < 4.78 is 11.0. The number of H-pyrrole nitrogens is 1. The molecule has 2 heterocycles. The summed E-state index contributed by atoms with van der Waals surface area (Å²) >= 11 is 0. The third-order valence-electron chi connectivity index (χ3n) is 5.46. The quantitative estimate of drug-likeness (QED) is 0.814. The first-order valence-electron chi connectivity index (χ1n) is 9.96. The first-order valence-corrected chi connectivity index (χ1v) is 9.96. The fraction of sp³-hybridized carbons (Fsp3) is 0.478. The second-order valence-electron chi connectivity index (χ2n) is 8.89. The Morgan fingerprint density at radius 1 is 1.24 bits per heavy atom.